The summed E-state index contributed by atoms with van der Waals surface area (Å²) in [7, 11) is 0. The maximum Gasteiger partial charge on any atom is 0.171 e. The Kier molecular flexibility index (Phi) is 6.66. The number of anilines is 1. The number of nitrogens with one attached hydrogen (secondary N) is 2. The third-order valence-corrected chi connectivity index (χ3v) is 4.19. The minimum atomic E-state index is 0.360. The molecule has 1 rings (SSSR count). The van der Waals surface area contributed by atoms with Crippen LogP contribution >= 0.6 is 12.2 Å². The maximum atomic E-state index is 5.50. The molecule has 0 aliphatic heterocycles. The van der Waals surface area contributed by atoms with Crippen LogP contribution in [0.5, 0.6) is 0 Å². The number of hydrogen-bond acceptors (Lipinski definition) is 1. The number of hydrogen-bond donors (Lipinski definition) is 2. The molecule has 0 bridgehead atoms. The highest BCUT2D eigenvalue weighted by molar-refractivity contribution is 7.80. The molecule has 0 fully saturated rings. The molecule has 0 heterocycles. The topological polar surface area (TPSA) is 24.1 Å². The van der Waals surface area contributed by atoms with Gasteiger partial charge in [0.1, 0.15) is 0 Å². The van der Waals surface area contributed by atoms with Crippen LogP contribution < -0.4 is 10.6 Å². The van der Waals surface area contributed by atoms with Crippen molar-refractivity contribution in [2.24, 2.45) is 5.92 Å². The zero-order valence-corrected chi connectivity index (χ0v) is 15.3. The lowest BCUT2D eigenvalue weighted by Crippen LogP contribution is -2.39. The molecule has 0 amide bonds. The normalized spacial score (nSPS) is 12.9. The van der Waals surface area contributed by atoms with E-state index in [1.165, 1.54) is 16.8 Å². The van der Waals surface area contributed by atoms with E-state index in [0.29, 0.717) is 28.9 Å². The lowest BCUT2D eigenvalue weighted by molar-refractivity contribution is 0.489. The van der Waals surface area contributed by atoms with Gasteiger partial charge in [0.15, 0.2) is 5.11 Å². The van der Waals surface area contributed by atoms with Gasteiger partial charge in [-0.3, -0.25) is 0 Å². The van der Waals surface area contributed by atoms with Gasteiger partial charge in [0.2, 0.25) is 0 Å². The molecule has 3 heteroatoms. The molecule has 1 aromatic carbocycles. The fraction of sp³-hybridized carbons (Fsp3) is 0.611. The first-order valence-electron chi connectivity index (χ1n) is 7.94. The second-order valence-electron chi connectivity index (χ2n) is 6.75. The van der Waals surface area contributed by atoms with E-state index < -0.39 is 0 Å². The Hall–Kier alpha value is -1.09. The Balaban J connectivity index is 3.02. The van der Waals surface area contributed by atoms with E-state index in [-0.39, 0.29) is 0 Å². The predicted molar refractivity (Wildman–Crippen MR) is 98.3 cm³/mol. The van der Waals surface area contributed by atoms with Crippen molar-refractivity contribution < 1.29 is 0 Å². The van der Waals surface area contributed by atoms with Gasteiger partial charge in [-0.2, -0.15) is 0 Å². The van der Waals surface area contributed by atoms with Crippen molar-refractivity contribution in [3.05, 3.63) is 29.3 Å². The van der Waals surface area contributed by atoms with E-state index in [1.807, 2.05) is 0 Å². The Morgan fingerprint density at radius 2 is 1.38 bits per heavy atom. The van der Waals surface area contributed by atoms with Crippen molar-refractivity contribution in [3.63, 3.8) is 0 Å². The van der Waals surface area contributed by atoms with E-state index in [9.17, 15) is 0 Å². The Labute approximate surface area is 135 Å². The molecule has 0 saturated carbocycles. The molecular formula is C18H30N2S. The van der Waals surface area contributed by atoms with E-state index in [0.717, 1.165) is 0 Å². The fourth-order valence-electron chi connectivity index (χ4n) is 2.22. The summed E-state index contributed by atoms with van der Waals surface area (Å²) in [4.78, 5) is 0. The van der Waals surface area contributed by atoms with Gasteiger partial charge in [0, 0.05) is 11.7 Å². The average Bonchev–Trinajstić information content (AvgIpc) is 2.37. The van der Waals surface area contributed by atoms with Crippen molar-refractivity contribution >= 4 is 23.0 Å². The zero-order chi connectivity index (χ0) is 16.2. The Bertz CT molecular complexity index is 452. The van der Waals surface area contributed by atoms with Gasteiger partial charge >= 0.3 is 0 Å². The minimum absolute atomic E-state index is 0.360. The summed E-state index contributed by atoms with van der Waals surface area (Å²) in [6.07, 6.45) is 0. The number of thiocarbonyl (C=S) groups is 1. The highest BCUT2D eigenvalue weighted by atomic mass is 32.1. The quantitative estimate of drug-likeness (QED) is 0.725. The van der Waals surface area contributed by atoms with Crippen molar-refractivity contribution in [1.29, 1.82) is 0 Å². The van der Waals surface area contributed by atoms with E-state index in [2.05, 4.69) is 77.3 Å². The number of para-hydroxylation sites is 1. The summed E-state index contributed by atoms with van der Waals surface area (Å²) >= 11 is 5.50. The Morgan fingerprint density at radius 1 is 0.905 bits per heavy atom. The molecule has 0 radical (unpaired) electrons. The molecule has 0 spiro atoms. The molecule has 118 valence electrons. The van der Waals surface area contributed by atoms with Crippen LogP contribution in [0.2, 0.25) is 0 Å². The largest absolute Gasteiger partial charge is 0.360 e. The fourth-order valence-corrected chi connectivity index (χ4v) is 2.51. The third kappa shape index (κ3) is 4.99. The third-order valence-electron chi connectivity index (χ3n) is 3.97. The second-order valence-corrected chi connectivity index (χ2v) is 7.16. The van der Waals surface area contributed by atoms with Crippen LogP contribution in [0, 0.1) is 5.92 Å². The molecule has 0 aromatic heterocycles. The minimum Gasteiger partial charge on any atom is -0.360 e. The van der Waals surface area contributed by atoms with E-state index in [4.69, 9.17) is 12.2 Å². The van der Waals surface area contributed by atoms with Crippen LogP contribution in [0.4, 0.5) is 5.69 Å². The highest BCUT2D eigenvalue weighted by Gasteiger charge is 2.15. The molecule has 0 aliphatic rings. The van der Waals surface area contributed by atoms with Crippen molar-refractivity contribution in [3.8, 4) is 0 Å². The van der Waals surface area contributed by atoms with Gasteiger partial charge in [0.05, 0.1) is 0 Å². The summed E-state index contributed by atoms with van der Waals surface area (Å²) in [5, 5.41) is 7.54. The van der Waals surface area contributed by atoms with Gasteiger partial charge < -0.3 is 10.6 Å². The zero-order valence-electron chi connectivity index (χ0n) is 14.4. The van der Waals surface area contributed by atoms with Crippen molar-refractivity contribution in [1.82, 2.24) is 5.32 Å². The summed E-state index contributed by atoms with van der Waals surface area (Å²) in [6.45, 7) is 15.4. The van der Waals surface area contributed by atoms with Crippen molar-refractivity contribution in [2.45, 2.75) is 66.3 Å². The van der Waals surface area contributed by atoms with Gasteiger partial charge in [-0.15, -0.1) is 0 Å². The van der Waals surface area contributed by atoms with E-state index >= 15 is 0 Å². The molecule has 2 N–H and O–H groups in total. The first-order valence-corrected chi connectivity index (χ1v) is 8.35. The summed E-state index contributed by atoms with van der Waals surface area (Å²) in [5.74, 6) is 1.49. The molecule has 1 unspecified atom stereocenters. The standard InChI is InChI=1S/C18H30N2S/c1-11(2)14(7)19-18(21)20-17-15(12(3)4)9-8-10-16(17)13(5)6/h8-14H,1-7H3,(H2,19,20,21). The molecule has 1 atom stereocenters. The van der Waals surface area contributed by atoms with E-state index in [1.54, 1.807) is 0 Å². The Morgan fingerprint density at radius 3 is 1.76 bits per heavy atom. The van der Waals surface area contributed by atoms with Gasteiger partial charge in [0.25, 0.3) is 0 Å². The van der Waals surface area contributed by atoms with Crippen LogP contribution in [0.15, 0.2) is 18.2 Å². The van der Waals surface area contributed by atoms with Crippen LogP contribution in [0.25, 0.3) is 0 Å². The SMILES string of the molecule is CC(C)c1cccc(C(C)C)c1NC(=S)NC(C)C(C)C. The molecule has 2 nitrogen and oxygen atoms in total. The lowest BCUT2D eigenvalue weighted by atomic mass is 9.93. The van der Waals surface area contributed by atoms with Gasteiger partial charge in [-0.25, -0.2) is 0 Å². The number of benzene rings is 1. The average molecular weight is 307 g/mol. The first-order chi connectivity index (χ1) is 9.73. The lowest BCUT2D eigenvalue weighted by Gasteiger charge is -2.24. The molecule has 0 aliphatic carbocycles. The van der Waals surface area contributed by atoms with Crippen molar-refractivity contribution in [2.75, 3.05) is 5.32 Å². The predicted octanol–water partition coefficient (Wildman–Crippen LogP) is 5.26. The van der Waals surface area contributed by atoms with Crippen LogP contribution in [0.3, 0.4) is 0 Å². The summed E-state index contributed by atoms with van der Waals surface area (Å²) in [5.41, 5.74) is 3.82. The number of rotatable bonds is 5. The molecular weight excluding hydrogens is 276 g/mol. The van der Waals surface area contributed by atoms with Crippen LogP contribution in [0.1, 0.15) is 71.4 Å². The summed E-state index contributed by atoms with van der Waals surface area (Å²) in [6, 6.07) is 6.88. The molecule has 0 saturated heterocycles. The van der Waals surface area contributed by atoms with Gasteiger partial charge in [-0.05, 0) is 48.0 Å². The molecule has 21 heavy (non-hydrogen) atoms. The van der Waals surface area contributed by atoms with Gasteiger partial charge in [-0.1, -0.05) is 59.7 Å². The van der Waals surface area contributed by atoms with Crippen LogP contribution in [-0.2, 0) is 0 Å². The second kappa shape index (κ2) is 7.79. The smallest absolute Gasteiger partial charge is 0.171 e. The monoisotopic (exact) mass is 306 g/mol. The molecule has 1 aromatic rings. The van der Waals surface area contributed by atoms with Crippen LogP contribution in [-0.4, -0.2) is 11.2 Å². The highest BCUT2D eigenvalue weighted by Crippen LogP contribution is 2.32. The maximum absolute atomic E-state index is 5.50. The first kappa shape index (κ1) is 18.0. The summed E-state index contributed by atoms with van der Waals surface area (Å²) < 4.78 is 0.